The second kappa shape index (κ2) is 9.82. The average molecular weight is 411 g/mol. The highest BCUT2D eigenvalue weighted by Crippen LogP contribution is 2.36. The van der Waals surface area contributed by atoms with Crippen molar-refractivity contribution in [3.05, 3.63) is 35.9 Å². The maximum atomic E-state index is 12.9. The van der Waals surface area contributed by atoms with E-state index in [9.17, 15) is 13.2 Å². The van der Waals surface area contributed by atoms with E-state index in [1.165, 1.54) is 4.31 Å². The summed E-state index contributed by atoms with van der Waals surface area (Å²) < 4.78 is 39.3. The normalized spacial score (nSPS) is 21.3. The van der Waals surface area contributed by atoms with E-state index in [2.05, 4.69) is 0 Å². The molecule has 1 atom stereocenters. The van der Waals surface area contributed by atoms with E-state index >= 15 is 0 Å². The van der Waals surface area contributed by atoms with Gasteiger partial charge in [0, 0.05) is 26.2 Å². The first kappa shape index (κ1) is 21.2. The number of carbonyl (C=O) groups excluding carboxylic acids is 1. The smallest absolute Gasteiger partial charge is 0.306 e. The average Bonchev–Trinajstić information content (AvgIpc) is 2.74. The second-order valence-corrected chi connectivity index (χ2v) is 9.21. The van der Waals surface area contributed by atoms with E-state index in [-0.39, 0.29) is 17.8 Å². The summed E-state index contributed by atoms with van der Waals surface area (Å²) in [6.07, 6.45) is 1.81. The van der Waals surface area contributed by atoms with Crippen LogP contribution in [0.1, 0.15) is 37.7 Å². The molecule has 0 spiro atoms. The van der Waals surface area contributed by atoms with Gasteiger partial charge in [0.05, 0.1) is 26.2 Å². The molecule has 7 nitrogen and oxygen atoms in total. The molecular weight excluding hydrogens is 380 g/mol. The number of esters is 1. The van der Waals surface area contributed by atoms with Gasteiger partial charge in [-0.25, -0.2) is 0 Å². The molecule has 3 rings (SSSR count). The molecule has 0 amide bonds. The Morgan fingerprint density at radius 2 is 1.71 bits per heavy atom. The molecule has 8 heteroatoms. The predicted molar refractivity (Wildman–Crippen MR) is 106 cm³/mol. The van der Waals surface area contributed by atoms with Gasteiger partial charge in [-0.2, -0.15) is 17.0 Å². The fourth-order valence-electron chi connectivity index (χ4n) is 4.11. The number of morpholine rings is 1. The van der Waals surface area contributed by atoms with Crippen molar-refractivity contribution in [1.82, 2.24) is 8.61 Å². The SMILES string of the molecule is CCOC(=O)C[C@H](c1ccccc1)C1CCN(S(=O)(=O)N2CCOCC2)CC1. The van der Waals surface area contributed by atoms with Gasteiger partial charge in [0.15, 0.2) is 0 Å². The summed E-state index contributed by atoms with van der Waals surface area (Å²) in [6, 6.07) is 10.0. The Morgan fingerprint density at radius 1 is 1.11 bits per heavy atom. The van der Waals surface area contributed by atoms with E-state index < -0.39 is 10.2 Å². The Hall–Kier alpha value is -1.48. The van der Waals surface area contributed by atoms with Crippen LogP contribution < -0.4 is 0 Å². The van der Waals surface area contributed by atoms with Gasteiger partial charge in [-0.05, 0) is 37.2 Å². The number of piperidine rings is 1. The largest absolute Gasteiger partial charge is 0.466 e. The van der Waals surface area contributed by atoms with Crippen LogP contribution in [0.5, 0.6) is 0 Å². The van der Waals surface area contributed by atoms with Crippen molar-refractivity contribution in [2.75, 3.05) is 46.0 Å². The van der Waals surface area contributed by atoms with Gasteiger partial charge in [-0.3, -0.25) is 4.79 Å². The van der Waals surface area contributed by atoms with Crippen LogP contribution in [-0.2, 0) is 24.5 Å². The second-order valence-electron chi connectivity index (χ2n) is 7.28. The summed E-state index contributed by atoms with van der Waals surface area (Å²) in [5, 5.41) is 0. The maximum Gasteiger partial charge on any atom is 0.306 e. The monoisotopic (exact) mass is 410 g/mol. The number of ether oxygens (including phenoxy) is 2. The molecule has 0 N–H and O–H groups in total. The molecule has 1 aromatic carbocycles. The number of benzene rings is 1. The molecular formula is C20H30N2O5S. The van der Waals surface area contributed by atoms with Crippen molar-refractivity contribution < 1.29 is 22.7 Å². The van der Waals surface area contributed by atoms with E-state index in [1.54, 1.807) is 4.31 Å². The summed E-state index contributed by atoms with van der Waals surface area (Å²) in [6.45, 7) is 4.88. The van der Waals surface area contributed by atoms with Gasteiger partial charge in [-0.15, -0.1) is 0 Å². The van der Waals surface area contributed by atoms with Crippen LogP contribution in [0.3, 0.4) is 0 Å². The minimum atomic E-state index is -3.44. The van der Waals surface area contributed by atoms with Crippen LogP contribution in [0.4, 0.5) is 0 Å². The zero-order valence-corrected chi connectivity index (χ0v) is 17.3. The summed E-state index contributed by atoms with van der Waals surface area (Å²) >= 11 is 0. The first-order chi connectivity index (χ1) is 13.5. The Morgan fingerprint density at radius 3 is 2.32 bits per heavy atom. The predicted octanol–water partition coefficient (Wildman–Crippen LogP) is 2.01. The number of hydrogen-bond donors (Lipinski definition) is 0. The Kier molecular flexibility index (Phi) is 7.45. The number of hydrogen-bond acceptors (Lipinski definition) is 5. The highest BCUT2D eigenvalue weighted by Gasteiger charge is 2.36. The first-order valence-corrected chi connectivity index (χ1v) is 11.5. The number of carbonyl (C=O) groups is 1. The Labute approximate surface area is 167 Å². The third-order valence-electron chi connectivity index (χ3n) is 5.61. The lowest BCUT2D eigenvalue weighted by molar-refractivity contribution is -0.144. The van der Waals surface area contributed by atoms with Crippen LogP contribution in [0.2, 0.25) is 0 Å². The van der Waals surface area contributed by atoms with Crippen molar-refractivity contribution >= 4 is 16.2 Å². The molecule has 2 saturated heterocycles. The van der Waals surface area contributed by atoms with Crippen LogP contribution >= 0.6 is 0 Å². The number of rotatable bonds is 7. The lowest BCUT2D eigenvalue weighted by Gasteiger charge is -2.38. The third-order valence-corrected chi connectivity index (χ3v) is 7.65. The third kappa shape index (κ3) is 5.11. The van der Waals surface area contributed by atoms with Gasteiger partial charge in [0.1, 0.15) is 0 Å². The molecule has 2 fully saturated rings. The molecule has 0 radical (unpaired) electrons. The molecule has 2 heterocycles. The summed E-state index contributed by atoms with van der Waals surface area (Å²) in [5.41, 5.74) is 1.12. The van der Waals surface area contributed by atoms with Crippen molar-refractivity contribution in [2.45, 2.75) is 32.1 Å². The molecule has 2 aliphatic rings. The van der Waals surface area contributed by atoms with Crippen LogP contribution in [0.25, 0.3) is 0 Å². The molecule has 0 unspecified atom stereocenters. The molecule has 28 heavy (non-hydrogen) atoms. The van der Waals surface area contributed by atoms with Gasteiger partial charge in [-0.1, -0.05) is 30.3 Å². The zero-order valence-electron chi connectivity index (χ0n) is 16.5. The summed E-state index contributed by atoms with van der Waals surface area (Å²) in [5.74, 6) is 0.108. The van der Waals surface area contributed by atoms with Gasteiger partial charge < -0.3 is 9.47 Å². The lowest BCUT2D eigenvalue weighted by Crippen LogP contribution is -2.51. The van der Waals surface area contributed by atoms with E-state index in [4.69, 9.17) is 9.47 Å². The van der Waals surface area contributed by atoms with Crippen molar-refractivity contribution in [2.24, 2.45) is 5.92 Å². The molecule has 0 aliphatic carbocycles. The van der Waals surface area contributed by atoms with Gasteiger partial charge in [0.25, 0.3) is 10.2 Å². The fourth-order valence-corrected chi connectivity index (χ4v) is 5.72. The van der Waals surface area contributed by atoms with Crippen molar-refractivity contribution in [3.8, 4) is 0 Å². The van der Waals surface area contributed by atoms with E-state index in [0.717, 1.165) is 18.4 Å². The van der Waals surface area contributed by atoms with Gasteiger partial charge >= 0.3 is 5.97 Å². The van der Waals surface area contributed by atoms with E-state index in [0.29, 0.717) is 52.4 Å². The topological polar surface area (TPSA) is 76.2 Å². The minimum absolute atomic E-state index is 0.0495. The maximum absolute atomic E-state index is 12.9. The van der Waals surface area contributed by atoms with Crippen LogP contribution in [-0.4, -0.2) is 69.0 Å². The van der Waals surface area contributed by atoms with Crippen LogP contribution in [0.15, 0.2) is 30.3 Å². The van der Waals surface area contributed by atoms with Crippen molar-refractivity contribution in [3.63, 3.8) is 0 Å². The zero-order chi connectivity index (χ0) is 20.0. The highest BCUT2D eigenvalue weighted by molar-refractivity contribution is 7.86. The van der Waals surface area contributed by atoms with E-state index in [1.807, 2.05) is 37.3 Å². The molecule has 1 aromatic rings. The summed E-state index contributed by atoms with van der Waals surface area (Å²) in [4.78, 5) is 12.2. The molecule has 2 aliphatic heterocycles. The van der Waals surface area contributed by atoms with Gasteiger partial charge in [0.2, 0.25) is 0 Å². The lowest BCUT2D eigenvalue weighted by atomic mass is 9.78. The minimum Gasteiger partial charge on any atom is -0.466 e. The standard InChI is InChI=1S/C20H30N2O5S/c1-2-27-20(23)16-19(17-6-4-3-5-7-17)18-8-10-21(11-9-18)28(24,25)22-12-14-26-15-13-22/h3-7,18-19H,2,8-16H2,1H3/t19-/m1/s1. The molecule has 0 saturated carbocycles. The quantitative estimate of drug-likeness (QED) is 0.643. The fraction of sp³-hybridized carbons (Fsp3) is 0.650. The molecule has 0 aromatic heterocycles. The molecule has 156 valence electrons. The Balaban J connectivity index is 1.67. The summed E-state index contributed by atoms with van der Waals surface area (Å²) in [7, 11) is -3.44. The number of nitrogens with zero attached hydrogens (tertiary/aromatic N) is 2. The first-order valence-electron chi connectivity index (χ1n) is 10.1. The Bertz CT molecular complexity index is 726. The highest BCUT2D eigenvalue weighted by atomic mass is 32.2. The van der Waals surface area contributed by atoms with Crippen LogP contribution in [0, 0.1) is 5.92 Å². The molecule has 0 bridgehead atoms. The van der Waals surface area contributed by atoms with Crippen molar-refractivity contribution in [1.29, 1.82) is 0 Å².